The van der Waals surface area contributed by atoms with Gasteiger partial charge in [0.25, 0.3) is 0 Å². The second kappa shape index (κ2) is 6.23. The smallest absolute Gasteiger partial charge is 0.314 e. The summed E-state index contributed by atoms with van der Waals surface area (Å²) in [4.78, 5) is 12.0. The molecule has 0 unspecified atom stereocenters. The van der Waals surface area contributed by atoms with Crippen molar-refractivity contribution in [1.29, 1.82) is 0 Å². The Morgan fingerprint density at radius 2 is 1.54 bits per heavy atom. The Morgan fingerprint density at radius 1 is 1.00 bits per heavy atom. The van der Waals surface area contributed by atoms with Crippen LogP contribution in [0.3, 0.4) is 0 Å². The van der Waals surface area contributed by atoms with Gasteiger partial charge >= 0.3 is 5.97 Å². The highest BCUT2D eigenvalue weighted by molar-refractivity contribution is 7.14. The second-order valence-corrected chi connectivity index (χ2v) is 7.45. The molecule has 0 radical (unpaired) electrons. The summed E-state index contributed by atoms with van der Waals surface area (Å²) in [6, 6.07) is 16.5. The Balaban J connectivity index is 1.60. The summed E-state index contributed by atoms with van der Waals surface area (Å²) in [7, 11) is 0. The van der Waals surface area contributed by atoms with E-state index in [9.17, 15) is 14.3 Å². The largest absolute Gasteiger partial charge is 0.481 e. The Bertz CT molecular complexity index is 960. The molecule has 6 heteroatoms. The zero-order valence-electron chi connectivity index (χ0n) is 13.7. The number of halogens is 1. The highest BCUT2D eigenvalue weighted by Gasteiger charge is 2.51. The van der Waals surface area contributed by atoms with Crippen molar-refractivity contribution in [2.45, 2.75) is 18.3 Å². The van der Waals surface area contributed by atoms with E-state index in [2.05, 4.69) is 0 Å². The minimum atomic E-state index is -0.758. The fraction of sp³-hybridized carbons (Fsp3) is 0.150. The number of carboxylic acid groups (broad SMARTS) is 1. The van der Waals surface area contributed by atoms with Crippen molar-refractivity contribution in [3.63, 3.8) is 0 Å². The van der Waals surface area contributed by atoms with Gasteiger partial charge in [0.15, 0.2) is 5.13 Å². The average Bonchev–Trinajstić information content (AvgIpc) is 3.39. The first kappa shape index (κ1) is 16.8. The molecule has 4 rings (SSSR count). The van der Waals surface area contributed by atoms with Gasteiger partial charge in [-0.2, -0.15) is 4.39 Å². The van der Waals surface area contributed by atoms with E-state index in [1.165, 1.54) is 6.07 Å². The lowest BCUT2D eigenvalue weighted by molar-refractivity contribution is -0.140. The van der Waals surface area contributed by atoms with Crippen LogP contribution in [-0.4, -0.2) is 16.3 Å². The first-order valence-corrected chi connectivity index (χ1v) is 8.99. The molecule has 3 aromatic rings. The van der Waals surface area contributed by atoms with E-state index in [0.29, 0.717) is 23.4 Å². The van der Waals surface area contributed by atoms with Gasteiger partial charge in [0, 0.05) is 6.07 Å². The lowest BCUT2D eigenvalue weighted by atomic mass is 9.93. The van der Waals surface area contributed by atoms with Gasteiger partial charge in [-0.1, -0.05) is 48.5 Å². The van der Waals surface area contributed by atoms with Gasteiger partial charge < -0.3 is 5.11 Å². The molecule has 4 nitrogen and oxygen atoms in total. The maximum absolute atomic E-state index is 13.4. The third kappa shape index (κ3) is 2.77. The summed E-state index contributed by atoms with van der Waals surface area (Å²) < 4.78 is 13.4. The van der Waals surface area contributed by atoms with Crippen molar-refractivity contribution in [2.24, 2.45) is 0 Å². The number of nitrogens with one attached hydrogen (secondary N) is 1. The van der Waals surface area contributed by atoms with E-state index < -0.39 is 11.4 Å². The number of anilines is 1. The molecular formula is C20H16FNO3S. The number of rotatable bonds is 5. The van der Waals surface area contributed by atoms with Gasteiger partial charge in [0.05, 0.1) is 16.0 Å². The summed E-state index contributed by atoms with van der Waals surface area (Å²) in [5.41, 5.74) is 5.28. The summed E-state index contributed by atoms with van der Waals surface area (Å²) in [6.07, 6.45) is 1.38. The maximum Gasteiger partial charge on any atom is 0.314 e. The molecule has 1 aliphatic carbocycles. The number of carbonyl (C=O) groups is 1. The van der Waals surface area contributed by atoms with E-state index in [4.69, 9.17) is 5.21 Å². The first-order valence-electron chi connectivity index (χ1n) is 8.18. The van der Waals surface area contributed by atoms with Gasteiger partial charge in [-0.3, -0.25) is 15.5 Å². The zero-order chi connectivity index (χ0) is 18.3. The minimum Gasteiger partial charge on any atom is -0.481 e. The van der Waals surface area contributed by atoms with Gasteiger partial charge in [-0.05, 0) is 35.1 Å². The van der Waals surface area contributed by atoms with Crippen molar-refractivity contribution in [2.75, 3.05) is 5.48 Å². The number of hydrogen-bond donors (Lipinski definition) is 3. The molecule has 0 spiro atoms. The molecule has 0 saturated heterocycles. The average molecular weight is 369 g/mol. The Labute approximate surface area is 153 Å². The van der Waals surface area contributed by atoms with Crippen molar-refractivity contribution < 1.29 is 19.5 Å². The molecule has 3 N–H and O–H groups in total. The highest BCUT2D eigenvalue weighted by atomic mass is 32.1. The normalized spacial score (nSPS) is 14.8. The zero-order valence-corrected chi connectivity index (χ0v) is 14.5. The topological polar surface area (TPSA) is 69.6 Å². The fourth-order valence-electron chi connectivity index (χ4n) is 3.21. The number of carboxylic acids is 1. The third-order valence-electron chi connectivity index (χ3n) is 4.90. The summed E-state index contributed by atoms with van der Waals surface area (Å²) in [5, 5.41) is 18.1. The van der Waals surface area contributed by atoms with Crippen molar-refractivity contribution >= 4 is 23.0 Å². The van der Waals surface area contributed by atoms with E-state index in [-0.39, 0.29) is 5.13 Å². The van der Waals surface area contributed by atoms with Crippen LogP contribution < -0.4 is 5.48 Å². The van der Waals surface area contributed by atoms with Crippen molar-refractivity contribution in [3.05, 3.63) is 65.3 Å². The fourth-order valence-corrected chi connectivity index (χ4v) is 4.05. The SMILES string of the molecule is O=C(O)C1(c2ccc(-c3ccc(-c4sc(F)cc4NO)cc3)cc2)CC1. The van der Waals surface area contributed by atoms with Gasteiger partial charge in [0.1, 0.15) is 0 Å². The lowest BCUT2D eigenvalue weighted by Gasteiger charge is -2.11. The molecule has 2 aromatic carbocycles. The monoisotopic (exact) mass is 369 g/mol. The molecule has 1 fully saturated rings. The van der Waals surface area contributed by atoms with E-state index in [0.717, 1.165) is 33.6 Å². The molecule has 0 amide bonds. The van der Waals surface area contributed by atoms with Gasteiger partial charge in [-0.25, -0.2) is 0 Å². The molecule has 26 heavy (non-hydrogen) atoms. The molecule has 1 heterocycles. The molecule has 0 bridgehead atoms. The van der Waals surface area contributed by atoms with E-state index in [1.807, 2.05) is 54.0 Å². The summed E-state index contributed by atoms with van der Waals surface area (Å²) >= 11 is 0.963. The molecule has 1 aliphatic rings. The van der Waals surface area contributed by atoms with Crippen LogP contribution in [0.15, 0.2) is 54.6 Å². The van der Waals surface area contributed by atoms with Gasteiger partial charge in [-0.15, -0.1) is 11.3 Å². The number of aliphatic carboxylic acids is 1. The van der Waals surface area contributed by atoms with Crippen LogP contribution in [0.25, 0.3) is 21.6 Å². The summed E-state index contributed by atoms with van der Waals surface area (Å²) in [5.74, 6) is -0.758. The quantitative estimate of drug-likeness (QED) is 0.545. The maximum atomic E-state index is 13.4. The van der Waals surface area contributed by atoms with Crippen LogP contribution in [0.5, 0.6) is 0 Å². The predicted octanol–water partition coefficient (Wildman–Crippen LogP) is 5.14. The van der Waals surface area contributed by atoms with Crippen molar-refractivity contribution in [3.8, 4) is 21.6 Å². The Kier molecular flexibility index (Phi) is 4.01. The minimum absolute atomic E-state index is 0.341. The molecule has 0 aliphatic heterocycles. The third-order valence-corrected chi connectivity index (χ3v) is 5.87. The van der Waals surface area contributed by atoms with Crippen molar-refractivity contribution in [1.82, 2.24) is 0 Å². The standard InChI is InChI=1S/C20H16FNO3S/c21-17-11-16(22-25)18(26-17)14-3-1-12(2-4-14)13-5-7-15(8-6-13)20(9-10-20)19(23)24/h1-8,11,22,25H,9-10H2,(H,23,24). The summed E-state index contributed by atoms with van der Waals surface area (Å²) in [6.45, 7) is 0. The highest BCUT2D eigenvalue weighted by Crippen LogP contribution is 2.48. The predicted molar refractivity (Wildman–Crippen MR) is 99.1 cm³/mol. The molecule has 1 saturated carbocycles. The van der Waals surface area contributed by atoms with Crippen LogP contribution in [0.1, 0.15) is 18.4 Å². The van der Waals surface area contributed by atoms with Gasteiger partial charge in [0.2, 0.25) is 0 Å². The number of benzene rings is 2. The van der Waals surface area contributed by atoms with E-state index >= 15 is 0 Å². The van der Waals surface area contributed by atoms with Crippen LogP contribution in [0.4, 0.5) is 10.1 Å². The second-order valence-electron chi connectivity index (χ2n) is 6.45. The Hall–Kier alpha value is -2.70. The number of thiophene rings is 1. The van der Waals surface area contributed by atoms with Crippen LogP contribution in [0, 0.1) is 5.13 Å². The number of hydrogen-bond acceptors (Lipinski definition) is 4. The van der Waals surface area contributed by atoms with E-state index in [1.54, 1.807) is 0 Å². The molecule has 132 valence electrons. The Morgan fingerprint density at radius 3 is 2.04 bits per heavy atom. The molecule has 1 aromatic heterocycles. The van der Waals surface area contributed by atoms with Crippen LogP contribution in [0.2, 0.25) is 0 Å². The van der Waals surface area contributed by atoms with Crippen LogP contribution >= 0.6 is 11.3 Å². The lowest BCUT2D eigenvalue weighted by Crippen LogP contribution is -2.19. The molecular weight excluding hydrogens is 353 g/mol. The first-order chi connectivity index (χ1) is 12.5. The molecule has 0 atom stereocenters. The van der Waals surface area contributed by atoms with Crippen LogP contribution in [-0.2, 0) is 10.2 Å².